The first-order valence-electron chi connectivity index (χ1n) is 10.7. The lowest BCUT2D eigenvalue weighted by Gasteiger charge is -2.13. The summed E-state index contributed by atoms with van der Waals surface area (Å²) in [4.78, 5) is 20.7. The van der Waals surface area contributed by atoms with E-state index in [4.69, 9.17) is 10.1 Å². The summed E-state index contributed by atoms with van der Waals surface area (Å²) >= 11 is 1.61. The molecule has 0 fully saturated rings. The number of nitrogens with zero attached hydrogens (tertiary/aromatic N) is 4. The van der Waals surface area contributed by atoms with Gasteiger partial charge in [0.2, 0.25) is 5.13 Å². The monoisotopic (exact) mass is 448 g/mol. The number of rotatable bonds is 6. The van der Waals surface area contributed by atoms with Crippen LogP contribution in [0.1, 0.15) is 46.3 Å². The number of fused-ring (bicyclic) bond motifs is 1. The first-order valence-corrected chi connectivity index (χ1v) is 11.6. The Balaban J connectivity index is 1.91. The van der Waals surface area contributed by atoms with Crippen molar-refractivity contribution in [1.29, 1.82) is 0 Å². The second-order valence-electron chi connectivity index (χ2n) is 8.46. The largest absolute Gasteiger partial charge is 0.395 e. The van der Waals surface area contributed by atoms with Crippen LogP contribution in [0.25, 0.3) is 27.3 Å². The van der Waals surface area contributed by atoms with Crippen molar-refractivity contribution in [1.82, 2.24) is 19.7 Å². The molecule has 0 saturated carbocycles. The highest BCUT2D eigenvalue weighted by Gasteiger charge is 2.24. The molecule has 2 heterocycles. The third kappa shape index (κ3) is 4.06. The topological polar surface area (TPSA) is 71.2 Å². The fraction of sp³-hybridized carbons (Fsp3) is 0.320. The minimum absolute atomic E-state index is 0.0933. The van der Waals surface area contributed by atoms with Gasteiger partial charge in [0.1, 0.15) is 0 Å². The van der Waals surface area contributed by atoms with Crippen molar-refractivity contribution in [3.05, 3.63) is 64.2 Å². The molecule has 0 unspecified atom stereocenters. The lowest BCUT2D eigenvalue weighted by Crippen LogP contribution is -2.30. The third-order valence-electron chi connectivity index (χ3n) is 5.46. The SMILES string of the molecule is Cc1cccc(-c2nc(-n3nc(C(=O)N(C)CCO)c4cc(C)ccc43)sc2C(C)C)c1. The molecule has 6 nitrogen and oxygen atoms in total. The summed E-state index contributed by atoms with van der Waals surface area (Å²) in [5, 5.41) is 15.5. The van der Waals surface area contributed by atoms with E-state index in [-0.39, 0.29) is 19.1 Å². The number of benzene rings is 2. The average molecular weight is 449 g/mol. The van der Waals surface area contributed by atoms with Crippen LogP contribution in [0.4, 0.5) is 0 Å². The number of carbonyl (C=O) groups is 1. The molecule has 4 aromatic rings. The maximum Gasteiger partial charge on any atom is 0.274 e. The molecular formula is C25H28N4O2S. The van der Waals surface area contributed by atoms with Crippen molar-refractivity contribution < 1.29 is 9.90 Å². The van der Waals surface area contributed by atoms with Crippen LogP contribution in [0.2, 0.25) is 0 Å². The van der Waals surface area contributed by atoms with Gasteiger partial charge in [0.05, 0.1) is 17.8 Å². The Kier molecular flexibility index (Phi) is 6.13. The molecule has 4 rings (SSSR count). The quantitative estimate of drug-likeness (QED) is 0.453. The van der Waals surface area contributed by atoms with Crippen LogP contribution >= 0.6 is 11.3 Å². The molecule has 1 amide bonds. The highest BCUT2D eigenvalue weighted by molar-refractivity contribution is 7.14. The van der Waals surface area contributed by atoms with Crippen LogP contribution in [0.5, 0.6) is 0 Å². The predicted molar refractivity (Wildman–Crippen MR) is 130 cm³/mol. The number of thiazole rings is 1. The molecule has 2 aromatic carbocycles. The normalized spacial score (nSPS) is 11.5. The van der Waals surface area contributed by atoms with Gasteiger partial charge >= 0.3 is 0 Å². The Morgan fingerprint density at radius 3 is 2.59 bits per heavy atom. The van der Waals surface area contributed by atoms with Crippen LogP contribution < -0.4 is 0 Å². The van der Waals surface area contributed by atoms with Crippen molar-refractivity contribution in [3.8, 4) is 16.4 Å². The number of aliphatic hydroxyl groups is 1. The van der Waals surface area contributed by atoms with E-state index in [9.17, 15) is 9.90 Å². The van der Waals surface area contributed by atoms with Gasteiger partial charge in [-0.05, 0) is 38.0 Å². The summed E-state index contributed by atoms with van der Waals surface area (Å²) in [5.41, 5.74) is 5.51. The number of aliphatic hydroxyl groups excluding tert-OH is 1. The zero-order valence-corrected chi connectivity index (χ0v) is 19.9. The Morgan fingerprint density at radius 2 is 1.91 bits per heavy atom. The molecule has 0 aliphatic rings. The van der Waals surface area contributed by atoms with Gasteiger partial charge in [-0.25, -0.2) is 9.67 Å². The Labute approximate surface area is 192 Å². The lowest BCUT2D eigenvalue weighted by molar-refractivity contribution is 0.0762. The van der Waals surface area contributed by atoms with Gasteiger partial charge in [0.25, 0.3) is 5.91 Å². The summed E-state index contributed by atoms with van der Waals surface area (Å²) < 4.78 is 1.78. The molecular weight excluding hydrogens is 420 g/mol. The smallest absolute Gasteiger partial charge is 0.274 e. The van der Waals surface area contributed by atoms with Gasteiger partial charge in [-0.3, -0.25) is 4.79 Å². The molecule has 0 bridgehead atoms. The van der Waals surface area contributed by atoms with Crippen molar-refractivity contribution in [2.45, 2.75) is 33.6 Å². The number of likely N-dealkylation sites (N-methyl/N-ethyl adjacent to an activating group) is 1. The van der Waals surface area contributed by atoms with Gasteiger partial charge in [-0.1, -0.05) is 60.6 Å². The molecule has 0 aliphatic carbocycles. The van der Waals surface area contributed by atoms with E-state index in [0.29, 0.717) is 11.6 Å². The highest BCUT2D eigenvalue weighted by atomic mass is 32.1. The minimum Gasteiger partial charge on any atom is -0.395 e. The lowest BCUT2D eigenvalue weighted by atomic mass is 10.0. The van der Waals surface area contributed by atoms with E-state index in [1.807, 2.05) is 31.2 Å². The third-order valence-corrected chi connectivity index (χ3v) is 6.79. The molecule has 1 N–H and O–H groups in total. The van der Waals surface area contributed by atoms with Gasteiger partial charge in [0, 0.05) is 29.4 Å². The number of aromatic nitrogens is 3. The van der Waals surface area contributed by atoms with Crippen LogP contribution in [-0.4, -0.2) is 50.9 Å². The molecule has 166 valence electrons. The number of hydrogen-bond acceptors (Lipinski definition) is 5. The van der Waals surface area contributed by atoms with E-state index in [0.717, 1.165) is 32.9 Å². The average Bonchev–Trinajstić information content (AvgIpc) is 3.35. The molecule has 0 aliphatic heterocycles. The molecule has 0 saturated heterocycles. The molecule has 0 radical (unpaired) electrons. The predicted octanol–water partition coefficient (Wildman–Crippen LogP) is 4.95. The standard InChI is InChI=1S/C25H28N4O2S/c1-15(2)23-21(18-8-6-7-16(3)13-18)26-25(32-23)29-20-10-9-17(4)14-19(20)22(27-29)24(31)28(5)11-12-30/h6-10,13-15,30H,11-12H2,1-5H3. The van der Waals surface area contributed by atoms with Crippen LogP contribution in [0.3, 0.4) is 0 Å². The number of carbonyl (C=O) groups excluding carboxylic acids is 1. The Bertz CT molecular complexity index is 1290. The van der Waals surface area contributed by atoms with E-state index in [1.54, 1.807) is 23.1 Å². The van der Waals surface area contributed by atoms with E-state index < -0.39 is 0 Å². The first kappa shape index (κ1) is 22.2. The van der Waals surface area contributed by atoms with E-state index in [2.05, 4.69) is 39.0 Å². The molecule has 0 spiro atoms. The fourth-order valence-corrected chi connectivity index (χ4v) is 4.82. The summed E-state index contributed by atoms with van der Waals surface area (Å²) in [5.74, 6) is 0.0885. The van der Waals surface area contributed by atoms with Crippen molar-refractivity contribution in [2.24, 2.45) is 0 Å². The van der Waals surface area contributed by atoms with Crippen LogP contribution in [0, 0.1) is 13.8 Å². The number of amides is 1. The maximum atomic E-state index is 13.1. The van der Waals surface area contributed by atoms with Gasteiger partial charge in [-0.2, -0.15) is 5.10 Å². The Morgan fingerprint density at radius 1 is 1.16 bits per heavy atom. The minimum atomic E-state index is -0.215. The summed E-state index contributed by atoms with van der Waals surface area (Å²) in [6, 6.07) is 14.4. The van der Waals surface area contributed by atoms with E-state index in [1.165, 1.54) is 15.3 Å². The second kappa shape index (κ2) is 8.84. The zero-order chi connectivity index (χ0) is 23.0. The zero-order valence-electron chi connectivity index (χ0n) is 19.1. The van der Waals surface area contributed by atoms with Gasteiger partial charge in [-0.15, -0.1) is 0 Å². The second-order valence-corrected chi connectivity index (χ2v) is 9.47. The van der Waals surface area contributed by atoms with Crippen molar-refractivity contribution in [2.75, 3.05) is 20.2 Å². The number of aryl methyl sites for hydroxylation is 2. The molecule has 32 heavy (non-hydrogen) atoms. The summed E-state index contributed by atoms with van der Waals surface area (Å²) in [6.45, 7) is 8.57. The number of hydrogen-bond donors (Lipinski definition) is 1. The van der Waals surface area contributed by atoms with Crippen molar-refractivity contribution in [3.63, 3.8) is 0 Å². The van der Waals surface area contributed by atoms with Gasteiger partial charge in [0.15, 0.2) is 5.69 Å². The maximum absolute atomic E-state index is 13.1. The highest BCUT2D eigenvalue weighted by Crippen LogP contribution is 2.37. The summed E-state index contributed by atoms with van der Waals surface area (Å²) in [6.07, 6.45) is 0. The van der Waals surface area contributed by atoms with Gasteiger partial charge < -0.3 is 10.0 Å². The Hall–Kier alpha value is -3.03. The molecule has 7 heteroatoms. The van der Waals surface area contributed by atoms with Crippen LogP contribution in [0.15, 0.2) is 42.5 Å². The van der Waals surface area contributed by atoms with Crippen molar-refractivity contribution >= 4 is 28.1 Å². The molecule has 0 atom stereocenters. The van der Waals surface area contributed by atoms with Crippen LogP contribution in [-0.2, 0) is 0 Å². The summed E-state index contributed by atoms with van der Waals surface area (Å²) in [7, 11) is 1.68. The fourth-order valence-electron chi connectivity index (χ4n) is 3.77. The van der Waals surface area contributed by atoms with E-state index >= 15 is 0 Å². The molecule has 2 aromatic heterocycles. The first-order chi connectivity index (χ1) is 15.3.